The molecule has 0 radical (unpaired) electrons. The molecule has 0 saturated carbocycles. The van der Waals surface area contributed by atoms with Crippen LogP contribution in [0.2, 0.25) is 0 Å². The van der Waals surface area contributed by atoms with Crippen molar-refractivity contribution in [3.05, 3.63) is 78.2 Å². The number of hydrogen-bond acceptors (Lipinski definition) is 5. The Hall–Kier alpha value is -3.81. The first-order chi connectivity index (χ1) is 15.2. The lowest BCUT2D eigenvalue weighted by atomic mass is 10.2. The molecule has 2 heterocycles. The quantitative estimate of drug-likeness (QED) is 0.468. The molecule has 1 unspecified atom stereocenters. The van der Waals surface area contributed by atoms with Crippen LogP contribution < -0.4 is 24.8 Å². The Morgan fingerprint density at radius 1 is 1.13 bits per heavy atom. The van der Waals surface area contributed by atoms with E-state index in [1.54, 1.807) is 31.4 Å². The molecule has 0 amide bonds. The fraction of sp³-hybridized carbons (Fsp3) is 0.217. The van der Waals surface area contributed by atoms with Crippen LogP contribution >= 0.6 is 0 Å². The van der Waals surface area contributed by atoms with E-state index in [4.69, 9.17) is 14.2 Å². The summed E-state index contributed by atoms with van der Waals surface area (Å²) in [7, 11) is 1.71. The minimum absolute atomic E-state index is 0.116. The van der Waals surface area contributed by atoms with Gasteiger partial charge in [0.1, 0.15) is 24.3 Å². The summed E-state index contributed by atoms with van der Waals surface area (Å²) >= 11 is 0. The monoisotopic (exact) mass is 422 g/mol. The Morgan fingerprint density at radius 2 is 2.00 bits per heavy atom. The average molecular weight is 422 g/mol. The van der Waals surface area contributed by atoms with Crippen molar-refractivity contribution in [1.29, 1.82) is 0 Å². The van der Waals surface area contributed by atoms with E-state index in [9.17, 15) is 4.39 Å². The van der Waals surface area contributed by atoms with E-state index in [1.165, 1.54) is 12.1 Å². The van der Waals surface area contributed by atoms with Crippen molar-refractivity contribution >= 4 is 5.96 Å². The number of rotatable bonds is 6. The van der Waals surface area contributed by atoms with Crippen molar-refractivity contribution in [2.24, 2.45) is 4.99 Å². The molecule has 1 aliphatic rings. The molecule has 0 spiro atoms. The second kappa shape index (κ2) is 9.80. The van der Waals surface area contributed by atoms with Gasteiger partial charge in [0.25, 0.3) is 0 Å². The van der Waals surface area contributed by atoms with Gasteiger partial charge in [0.05, 0.1) is 6.54 Å². The Kier molecular flexibility index (Phi) is 6.47. The molecule has 2 N–H and O–H groups in total. The summed E-state index contributed by atoms with van der Waals surface area (Å²) < 4.78 is 30.5. The van der Waals surface area contributed by atoms with Crippen molar-refractivity contribution in [1.82, 2.24) is 15.6 Å². The Bertz CT molecular complexity index is 1040. The number of nitrogens with one attached hydrogen (secondary N) is 2. The normalized spacial score (nSPS) is 15.3. The van der Waals surface area contributed by atoms with Crippen molar-refractivity contribution < 1.29 is 18.6 Å². The third-order valence-electron chi connectivity index (χ3n) is 4.56. The highest BCUT2D eigenvalue weighted by Gasteiger charge is 2.20. The molecule has 2 aromatic carbocycles. The van der Waals surface area contributed by atoms with Crippen LogP contribution in [0.3, 0.4) is 0 Å². The number of aliphatic imine (C=N–C) groups is 1. The largest absolute Gasteiger partial charge is 0.486 e. The van der Waals surface area contributed by atoms with Gasteiger partial charge in [-0.3, -0.25) is 4.99 Å². The van der Waals surface area contributed by atoms with Gasteiger partial charge in [-0.25, -0.2) is 9.37 Å². The molecular formula is C23H23FN4O3. The van der Waals surface area contributed by atoms with Crippen LogP contribution in [-0.2, 0) is 6.54 Å². The van der Waals surface area contributed by atoms with Gasteiger partial charge in [-0.2, -0.15) is 0 Å². The summed E-state index contributed by atoms with van der Waals surface area (Å²) in [5, 5.41) is 6.48. The summed E-state index contributed by atoms with van der Waals surface area (Å²) in [5.74, 6) is 2.59. The summed E-state index contributed by atoms with van der Waals surface area (Å²) in [6, 6.07) is 17.2. The molecular weight excluding hydrogens is 399 g/mol. The number of pyridine rings is 1. The third kappa shape index (κ3) is 5.63. The van der Waals surface area contributed by atoms with Crippen LogP contribution in [0.4, 0.5) is 4.39 Å². The summed E-state index contributed by atoms with van der Waals surface area (Å²) in [6.45, 7) is 1.54. The Labute approximate surface area is 179 Å². The van der Waals surface area contributed by atoms with Gasteiger partial charge in [0.15, 0.2) is 17.5 Å². The van der Waals surface area contributed by atoms with E-state index >= 15 is 0 Å². The van der Waals surface area contributed by atoms with E-state index < -0.39 is 0 Å². The van der Waals surface area contributed by atoms with Gasteiger partial charge >= 0.3 is 0 Å². The number of fused-ring (bicyclic) bond motifs is 1. The highest BCUT2D eigenvalue weighted by Crippen LogP contribution is 2.30. The lowest BCUT2D eigenvalue weighted by Crippen LogP contribution is -2.45. The number of aromatic nitrogens is 1. The Balaban J connectivity index is 1.24. The molecule has 0 bridgehead atoms. The van der Waals surface area contributed by atoms with Crippen LogP contribution in [0, 0.1) is 5.82 Å². The molecule has 160 valence electrons. The standard InChI is InChI=1S/C23H23FN4O3/c1-25-23(28-14-19-15-29-20-7-2-3-8-21(20)30-19)27-13-16-9-10-22(26-12-16)31-18-6-4-5-17(24)11-18/h2-12,19H,13-15H2,1H3,(H2,25,27,28). The number of para-hydroxylation sites is 2. The first-order valence-electron chi connectivity index (χ1n) is 9.91. The fourth-order valence-electron chi connectivity index (χ4n) is 3.01. The molecule has 0 aliphatic carbocycles. The fourth-order valence-corrected chi connectivity index (χ4v) is 3.01. The second-order valence-electron chi connectivity index (χ2n) is 6.87. The van der Waals surface area contributed by atoms with Crippen molar-refractivity contribution in [2.75, 3.05) is 20.2 Å². The first kappa shape index (κ1) is 20.5. The molecule has 1 atom stereocenters. The van der Waals surface area contributed by atoms with Crippen LogP contribution in [0.25, 0.3) is 0 Å². The summed E-state index contributed by atoms with van der Waals surface area (Å²) in [4.78, 5) is 8.50. The van der Waals surface area contributed by atoms with Crippen molar-refractivity contribution in [3.63, 3.8) is 0 Å². The van der Waals surface area contributed by atoms with E-state index in [0.717, 1.165) is 17.1 Å². The van der Waals surface area contributed by atoms with Crippen molar-refractivity contribution in [2.45, 2.75) is 12.6 Å². The number of benzene rings is 2. The number of ether oxygens (including phenoxy) is 3. The van der Waals surface area contributed by atoms with Crippen molar-refractivity contribution in [3.8, 4) is 23.1 Å². The third-order valence-corrected chi connectivity index (χ3v) is 4.56. The second-order valence-corrected chi connectivity index (χ2v) is 6.87. The minimum Gasteiger partial charge on any atom is -0.486 e. The van der Waals surface area contributed by atoms with Gasteiger partial charge in [-0.15, -0.1) is 0 Å². The molecule has 0 fully saturated rings. The number of guanidine groups is 1. The maximum atomic E-state index is 13.3. The number of hydrogen-bond donors (Lipinski definition) is 2. The Morgan fingerprint density at radius 3 is 2.77 bits per heavy atom. The minimum atomic E-state index is -0.355. The lowest BCUT2D eigenvalue weighted by Gasteiger charge is -2.27. The lowest BCUT2D eigenvalue weighted by molar-refractivity contribution is 0.0936. The maximum Gasteiger partial charge on any atom is 0.219 e. The number of nitrogens with zero attached hydrogens (tertiary/aromatic N) is 2. The highest BCUT2D eigenvalue weighted by molar-refractivity contribution is 5.79. The van der Waals surface area contributed by atoms with Crippen LogP contribution in [0.15, 0.2) is 71.9 Å². The van der Waals surface area contributed by atoms with E-state index in [0.29, 0.717) is 37.3 Å². The van der Waals surface area contributed by atoms with Gasteiger partial charge in [-0.1, -0.05) is 24.3 Å². The zero-order valence-corrected chi connectivity index (χ0v) is 17.0. The molecule has 4 rings (SSSR count). The zero-order valence-electron chi connectivity index (χ0n) is 17.0. The van der Waals surface area contributed by atoms with Crippen LogP contribution in [0.5, 0.6) is 23.1 Å². The van der Waals surface area contributed by atoms with Gasteiger partial charge in [0.2, 0.25) is 5.88 Å². The smallest absolute Gasteiger partial charge is 0.219 e. The van der Waals surface area contributed by atoms with E-state index in [-0.39, 0.29) is 11.9 Å². The van der Waals surface area contributed by atoms with E-state index in [2.05, 4.69) is 20.6 Å². The van der Waals surface area contributed by atoms with Gasteiger partial charge in [0, 0.05) is 31.9 Å². The van der Waals surface area contributed by atoms with E-state index in [1.807, 2.05) is 30.3 Å². The molecule has 1 aliphatic heterocycles. The SMILES string of the molecule is CN=C(NCc1ccc(Oc2cccc(F)c2)nc1)NCC1COc2ccccc2O1. The first-order valence-corrected chi connectivity index (χ1v) is 9.91. The topological polar surface area (TPSA) is 77.0 Å². The predicted molar refractivity (Wildman–Crippen MR) is 115 cm³/mol. The molecule has 8 heteroatoms. The van der Waals surface area contributed by atoms with Gasteiger partial charge < -0.3 is 24.8 Å². The summed E-state index contributed by atoms with van der Waals surface area (Å²) in [6.07, 6.45) is 1.58. The highest BCUT2D eigenvalue weighted by atomic mass is 19.1. The van der Waals surface area contributed by atoms with Crippen LogP contribution in [-0.4, -0.2) is 37.2 Å². The van der Waals surface area contributed by atoms with Gasteiger partial charge in [-0.05, 0) is 29.8 Å². The molecule has 1 aromatic heterocycles. The zero-order chi connectivity index (χ0) is 21.5. The average Bonchev–Trinajstić information content (AvgIpc) is 2.80. The molecule has 0 saturated heterocycles. The maximum absolute atomic E-state index is 13.3. The predicted octanol–water partition coefficient (Wildman–Crippen LogP) is 3.52. The molecule has 31 heavy (non-hydrogen) atoms. The molecule has 3 aromatic rings. The number of halogens is 1. The van der Waals surface area contributed by atoms with Crippen LogP contribution in [0.1, 0.15) is 5.56 Å². The summed E-state index contributed by atoms with van der Waals surface area (Å²) in [5.41, 5.74) is 0.945. The molecule has 7 nitrogen and oxygen atoms in total.